The van der Waals surface area contributed by atoms with Crippen LogP contribution in [0.15, 0.2) is 54.6 Å². The maximum atomic E-state index is 13.2. The van der Waals surface area contributed by atoms with Crippen LogP contribution in [0.3, 0.4) is 0 Å². The van der Waals surface area contributed by atoms with Crippen LogP contribution in [0.25, 0.3) is 6.08 Å². The van der Waals surface area contributed by atoms with Gasteiger partial charge in [0.15, 0.2) is 0 Å². The Hall–Kier alpha value is -3.81. The summed E-state index contributed by atoms with van der Waals surface area (Å²) < 4.78 is 23.7. The normalized spacial score (nSPS) is 12.1. The molecule has 0 aromatic heterocycles. The molecule has 1 unspecified atom stereocenters. The Morgan fingerprint density at radius 3 is 2.14 bits per heavy atom. The first-order valence-electron chi connectivity index (χ1n) is 11.3. The Bertz CT molecular complexity index is 1070. The summed E-state index contributed by atoms with van der Waals surface area (Å²) in [6.45, 7) is 7.55. The fourth-order valence-electron chi connectivity index (χ4n) is 2.88. The lowest BCUT2D eigenvalue weighted by molar-refractivity contribution is -0.148. The number of carbonyl (C=O) groups excluding carboxylic acids is 4. The first kappa shape index (κ1) is 27.4. The molecule has 1 atom stereocenters. The Kier molecular flexibility index (Phi) is 9.87. The van der Waals surface area contributed by atoms with Crippen molar-refractivity contribution in [2.45, 2.75) is 52.2 Å². The van der Waals surface area contributed by atoms with Crippen molar-refractivity contribution >= 4 is 29.7 Å². The molecule has 8 heteroatoms. The van der Waals surface area contributed by atoms with Gasteiger partial charge in [-0.15, -0.1) is 0 Å². The Balaban J connectivity index is 2.14. The van der Waals surface area contributed by atoms with Crippen molar-refractivity contribution in [3.8, 4) is 0 Å². The number of nitrogens with one attached hydrogen (secondary N) is 1. The van der Waals surface area contributed by atoms with E-state index in [0.29, 0.717) is 18.5 Å². The van der Waals surface area contributed by atoms with E-state index in [1.165, 1.54) is 36.4 Å². The molecule has 0 saturated heterocycles. The van der Waals surface area contributed by atoms with Gasteiger partial charge in [0.05, 0.1) is 5.56 Å². The zero-order valence-electron chi connectivity index (χ0n) is 20.3. The van der Waals surface area contributed by atoms with Crippen molar-refractivity contribution in [3.05, 3.63) is 77.1 Å². The van der Waals surface area contributed by atoms with Crippen LogP contribution < -0.4 is 5.32 Å². The zero-order chi connectivity index (χ0) is 26.0. The van der Waals surface area contributed by atoms with E-state index in [4.69, 9.17) is 9.47 Å². The predicted octanol–water partition coefficient (Wildman–Crippen LogP) is 4.51. The van der Waals surface area contributed by atoms with Gasteiger partial charge in [0.1, 0.15) is 11.4 Å². The van der Waals surface area contributed by atoms with Gasteiger partial charge in [0.2, 0.25) is 11.9 Å². The van der Waals surface area contributed by atoms with Crippen LogP contribution in [0.2, 0.25) is 0 Å². The number of hydrogen-bond acceptors (Lipinski definition) is 6. The van der Waals surface area contributed by atoms with Gasteiger partial charge in [0.25, 0.3) is 5.91 Å². The maximum Gasteiger partial charge on any atom is 0.339 e. The molecule has 186 valence electrons. The topological polar surface area (TPSA) is 98.8 Å². The van der Waals surface area contributed by atoms with Gasteiger partial charge in [-0.25, -0.2) is 14.0 Å². The second-order valence-corrected chi connectivity index (χ2v) is 8.79. The molecule has 0 heterocycles. The van der Waals surface area contributed by atoms with E-state index < -0.39 is 41.2 Å². The first-order valence-corrected chi connectivity index (χ1v) is 11.3. The number of amides is 1. The van der Waals surface area contributed by atoms with Crippen LogP contribution in [0.1, 0.15) is 66.8 Å². The largest absolute Gasteiger partial charge is 0.457 e. The molecular formula is C27H30FNO6. The van der Waals surface area contributed by atoms with E-state index in [9.17, 15) is 23.6 Å². The quantitative estimate of drug-likeness (QED) is 0.176. The molecule has 35 heavy (non-hydrogen) atoms. The van der Waals surface area contributed by atoms with Gasteiger partial charge in [-0.1, -0.05) is 25.5 Å². The lowest BCUT2D eigenvalue weighted by Gasteiger charge is -2.18. The predicted molar refractivity (Wildman–Crippen MR) is 129 cm³/mol. The average Bonchev–Trinajstić information content (AvgIpc) is 2.80. The van der Waals surface area contributed by atoms with Gasteiger partial charge in [-0.2, -0.15) is 0 Å². The van der Waals surface area contributed by atoms with Crippen LogP contribution >= 0.6 is 0 Å². The molecule has 2 rings (SSSR count). The molecule has 1 N–H and O–H groups in total. The smallest absolute Gasteiger partial charge is 0.339 e. The van der Waals surface area contributed by atoms with Crippen LogP contribution in [0.4, 0.5) is 4.39 Å². The fourth-order valence-corrected chi connectivity index (χ4v) is 2.88. The molecule has 0 radical (unpaired) electrons. The van der Waals surface area contributed by atoms with E-state index in [2.05, 4.69) is 5.32 Å². The SMILES string of the molecule is CCCCNC(=O)C(OC(=O)c1ccc(/C=C/C(=O)OC(C)(C)C)cc1)C(=O)c1ccc(F)cc1. The maximum absolute atomic E-state index is 13.2. The number of ketones is 1. The molecule has 0 aliphatic heterocycles. The number of unbranched alkanes of at least 4 members (excludes halogenated alkanes) is 1. The molecule has 0 aliphatic rings. The second-order valence-electron chi connectivity index (χ2n) is 8.79. The molecule has 0 saturated carbocycles. The van der Waals surface area contributed by atoms with Crippen molar-refractivity contribution in [1.29, 1.82) is 0 Å². The van der Waals surface area contributed by atoms with Crippen LogP contribution in [0.5, 0.6) is 0 Å². The third kappa shape index (κ3) is 9.16. The van der Waals surface area contributed by atoms with Crippen molar-refractivity contribution < 1.29 is 33.0 Å². The van der Waals surface area contributed by atoms with Gasteiger partial charge in [-0.3, -0.25) is 9.59 Å². The lowest BCUT2D eigenvalue weighted by atomic mass is 10.0. The van der Waals surface area contributed by atoms with Gasteiger partial charge in [0, 0.05) is 18.2 Å². The minimum absolute atomic E-state index is 0.0393. The molecule has 2 aromatic rings. The highest BCUT2D eigenvalue weighted by Crippen LogP contribution is 2.14. The van der Waals surface area contributed by atoms with Gasteiger partial charge < -0.3 is 14.8 Å². The molecule has 0 bridgehead atoms. The number of halogens is 1. The van der Waals surface area contributed by atoms with E-state index >= 15 is 0 Å². The first-order chi connectivity index (χ1) is 16.5. The third-order valence-electron chi connectivity index (χ3n) is 4.62. The summed E-state index contributed by atoms with van der Waals surface area (Å²) in [5.41, 5.74) is 0.165. The third-order valence-corrected chi connectivity index (χ3v) is 4.62. The second kappa shape index (κ2) is 12.6. The summed E-state index contributed by atoms with van der Waals surface area (Å²) in [6, 6.07) is 10.7. The number of hydrogen-bond donors (Lipinski definition) is 1. The summed E-state index contributed by atoms with van der Waals surface area (Å²) in [6.07, 6.45) is 2.60. The lowest BCUT2D eigenvalue weighted by Crippen LogP contribution is -2.43. The molecule has 0 aliphatic carbocycles. The minimum atomic E-state index is -1.73. The van der Waals surface area contributed by atoms with Gasteiger partial charge in [-0.05, 0) is 75.2 Å². The molecule has 7 nitrogen and oxygen atoms in total. The highest BCUT2D eigenvalue weighted by atomic mass is 19.1. The summed E-state index contributed by atoms with van der Waals surface area (Å²) in [7, 11) is 0. The van der Waals surface area contributed by atoms with E-state index in [0.717, 1.165) is 18.6 Å². The summed E-state index contributed by atoms with van der Waals surface area (Å²) in [5, 5.41) is 2.59. The molecule has 0 fully saturated rings. The van der Waals surface area contributed by atoms with E-state index in [1.807, 2.05) is 6.92 Å². The number of esters is 2. The monoisotopic (exact) mass is 483 g/mol. The number of carbonyl (C=O) groups is 4. The molecule has 0 spiro atoms. The summed E-state index contributed by atoms with van der Waals surface area (Å²) in [5.74, 6) is -3.43. The highest BCUT2D eigenvalue weighted by molar-refractivity contribution is 6.14. The zero-order valence-corrected chi connectivity index (χ0v) is 20.3. The molecular weight excluding hydrogens is 453 g/mol. The van der Waals surface area contributed by atoms with E-state index in [-0.39, 0.29) is 11.1 Å². The van der Waals surface area contributed by atoms with Crippen molar-refractivity contribution in [3.63, 3.8) is 0 Å². The fraction of sp³-hybridized carbons (Fsp3) is 0.333. The van der Waals surface area contributed by atoms with Gasteiger partial charge >= 0.3 is 11.9 Å². The van der Waals surface area contributed by atoms with Crippen molar-refractivity contribution in [2.75, 3.05) is 6.54 Å². The number of Topliss-reactive ketones (excluding diaryl/α,β-unsaturated/α-hetero) is 1. The summed E-state index contributed by atoms with van der Waals surface area (Å²) in [4.78, 5) is 50.0. The van der Waals surface area contributed by atoms with E-state index in [1.54, 1.807) is 32.9 Å². The van der Waals surface area contributed by atoms with Crippen LogP contribution in [-0.2, 0) is 19.1 Å². The average molecular weight is 484 g/mol. The Morgan fingerprint density at radius 1 is 0.971 bits per heavy atom. The molecule has 2 aromatic carbocycles. The van der Waals surface area contributed by atoms with Crippen LogP contribution in [0, 0.1) is 5.82 Å². The number of rotatable bonds is 10. The van der Waals surface area contributed by atoms with Crippen LogP contribution in [-0.4, -0.2) is 41.9 Å². The number of benzene rings is 2. The highest BCUT2D eigenvalue weighted by Gasteiger charge is 2.32. The molecule has 1 amide bonds. The minimum Gasteiger partial charge on any atom is -0.457 e. The number of ether oxygens (including phenoxy) is 2. The Labute approximate surface area is 204 Å². The summed E-state index contributed by atoms with van der Waals surface area (Å²) >= 11 is 0. The standard InChI is InChI=1S/C27H30FNO6/c1-5-6-17-29-25(32)24(23(31)19-12-14-21(28)15-13-19)34-26(33)20-10-7-18(8-11-20)9-16-22(30)35-27(2,3)4/h7-16,24H,5-6,17H2,1-4H3,(H,29,32)/b16-9+. The van der Waals surface area contributed by atoms with Crippen molar-refractivity contribution in [2.24, 2.45) is 0 Å². The Morgan fingerprint density at radius 2 is 1.57 bits per heavy atom. The van der Waals surface area contributed by atoms with Crippen molar-refractivity contribution in [1.82, 2.24) is 5.32 Å².